The molecule has 2 heterocycles. The monoisotopic (exact) mass is 248 g/mol. The highest BCUT2D eigenvalue weighted by Gasteiger charge is 2.17. The van der Waals surface area contributed by atoms with Crippen molar-refractivity contribution in [2.75, 3.05) is 23.4 Å². The summed E-state index contributed by atoms with van der Waals surface area (Å²) >= 11 is 1.99. The Morgan fingerprint density at radius 1 is 1.47 bits per heavy atom. The van der Waals surface area contributed by atoms with Gasteiger partial charge in [-0.1, -0.05) is 0 Å². The molecule has 0 amide bonds. The number of aromatic nitrogens is 2. The molecule has 1 N–H and O–H groups in total. The van der Waals surface area contributed by atoms with Gasteiger partial charge in [0.05, 0.1) is 5.69 Å². The molecule has 1 aliphatic heterocycles. The first kappa shape index (κ1) is 12.2. The summed E-state index contributed by atoms with van der Waals surface area (Å²) in [6.07, 6.45) is 1.25. The van der Waals surface area contributed by atoms with E-state index in [0.717, 1.165) is 17.8 Å². The molecule has 1 atom stereocenters. The number of hydrogen-bond donors (Lipinski definition) is 1. The highest BCUT2D eigenvalue weighted by atomic mass is 32.2. The van der Waals surface area contributed by atoms with Crippen molar-refractivity contribution in [3.05, 3.63) is 16.8 Å². The SMILES string of the molecule is Cc1nnc(NCC2CCSC2)c(C#N)c1C. The van der Waals surface area contributed by atoms with Crippen LogP contribution < -0.4 is 5.32 Å². The number of thioether (sulfide) groups is 1. The Morgan fingerprint density at radius 3 is 2.94 bits per heavy atom. The molecule has 0 radical (unpaired) electrons. The number of aryl methyl sites for hydroxylation is 1. The van der Waals surface area contributed by atoms with E-state index in [1.165, 1.54) is 17.9 Å². The molecule has 0 aromatic carbocycles. The van der Waals surface area contributed by atoms with Crippen molar-refractivity contribution in [2.45, 2.75) is 20.3 Å². The van der Waals surface area contributed by atoms with Crippen LogP contribution >= 0.6 is 11.8 Å². The Morgan fingerprint density at radius 2 is 2.29 bits per heavy atom. The Labute approximate surface area is 106 Å². The van der Waals surface area contributed by atoms with Crippen molar-refractivity contribution >= 4 is 17.6 Å². The molecule has 0 saturated carbocycles. The summed E-state index contributed by atoms with van der Waals surface area (Å²) in [6, 6.07) is 2.21. The highest BCUT2D eigenvalue weighted by molar-refractivity contribution is 7.99. The largest absolute Gasteiger partial charge is 0.367 e. The fourth-order valence-corrected chi connectivity index (χ4v) is 3.14. The smallest absolute Gasteiger partial charge is 0.166 e. The van der Waals surface area contributed by atoms with Crippen molar-refractivity contribution in [1.82, 2.24) is 10.2 Å². The molecule has 1 fully saturated rings. The van der Waals surface area contributed by atoms with Crippen LogP contribution in [0.5, 0.6) is 0 Å². The van der Waals surface area contributed by atoms with Crippen LogP contribution in [-0.2, 0) is 0 Å². The lowest BCUT2D eigenvalue weighted by Crippen LogP contribution is -2.16. The molecule has 2 rings (SSSR count). The lowest BCUT2D eigenvalue weighted by atomic mass is 10.1. The quantitative estimate of drug-likeness (QED) is 0.888. The molecular weight excluding hydrogens is 232 g/mol. The average Bonchev–Trinajstić information content (AvgIpc) is 2.83. The second-order valence-electron chi connectivity index (χ2n) is 4.36. The molecule has 5 heteroatoms. The Kier molecular flexibility index (Phi) is 3.85. The molecule has 0 aliphatic carbocycles. The van der Waals surface area contributed by atoms with Crippen LogP contribution in [0.3, 0.4) is 0 Å². The fourth-order valence-electron chi connectivity index (χ4n) is 1.85. The first-order valence-corrected chi connectivity index (χ1v) is 6.93. The maximum Gasteiger partial charge on any atom is 0.166 e. The van der Waals surface area contributed by atoms with Crippen LogP contribution in [-0.4, -0.2) is 28.2 Å². The molecule has 4 nitrogen and oxygen atoms in total. The summed E-state index contributed by atoms with van der Waals surface area (Å²) in [5.74, 6) is 3.77. The zero-order valence-corrected chi connectivity index (χ0v) is 11.0. The van der Waals surface area contributed by atoms with E-state index < -0.39 is 0 Å². The minimum atomic E-state index is 0.628. The average molecular weight is 248 g/mol. The summed E-state index contributed by atoms with van der Waals surface area (Å²) < 4.78 is 0. The second-order valence-corrected chi connectivity index (χ2v) is 5.51. The predicted molar refractivity (Wildman–Crippen MR) is 70.1 cm³/mol. The zero-order valence-electron chi connectivity index (χ0n) is 10.2. The van der Waals surface area contributed by atoms with Crippen LogP contribution in [0, 0.1) is 31.1 Å². The van der Waals surface area contributed by atoms with Gasteiger partial charge in [-0.05, 0) is 43.3 Å². The van der Waals surface area contributed by atoms with E-state index in [0.29, 0.717) is 17.3 Å². The van der Waals surface area contributed by atoms with E-state index in [1.807, 2.05) is 25.6 Å². The molecular formula is C12H16N4S. The van der Waals surface area contributed by atoms with Crippen LogP contribution in [0.4, 0.5) is 5.82 Å². The molecule has 90 valence electrons. The van der Waals surface area contributed by atoms with E-state index in [1.54, 1.807) is 0 Å². The summed E-state index contributed by atoms with van der Waals surface area (Å²) in [4.78, 5) is 0. The van der Waals surface area contributed by atoms with Gasteiger partial charge >= 0.3 is 0 Å². The van der Waals surface area contributed by atoms with Gasteiger partial charge in [-0.3, -0.25) is 0 Å². The highest BCUT2D eigenvalue weighted by Crippen LogP contribution is 2.24. The van der Waals surface area contributed by atoms with Crippen molar-refractivity contribution < 1.29 is 0 Å². The zero-order chi connectivity index (χ0) is 12.3. The minimum absolute atomic E-state index is 0.628. The van der Waals surface area contributed by atoms with Crippen LogP contribution in [0.1, 0.15) is 23.2 Å². The maximum absolute atomic E-state index is 9.15. The van der Waals surface area contributed by atoms with E-state index in [-0.39, 0.29) is 0 Å². The maximum atomic E-state index is 9.15. The summed E-state index contributed by atoms with van der Waals surface area (Å²) in [6.45, 7) is 4.68. The number of nitriles is 1. The Hall–Kier alpha value is -1.28. The van der Waals surface area contributed by atoms with Gasteiger partial charge in [0.25, 0.3) is 0 Å². The number of nitrogens with zero attached hydrogens (tertiary/aromatic N) is 3. The minimum Gasteiger partial charge on any atom is -0.367 e. The summed E-state index contributed by atoms with van der Waals surface area (Å²) in [7, 11) is 0. The number of hydrogen-bond acceptors (Lipinski definition) is 5. The third kappa shape index (κ3) is 2.70. The molecule has 0 bridgehead atoms. The van der Waals surface area contributed by atoms with Gasteiger partial charge in [-0.2, -0.15) is 22.1 Å². The van der Waals surface area contributed by atoms with Gasteiger partial charge in [-0.25, -0.2) is 0 Å². The number of rotatable bonds is 3. The fraction of sp³-hybridized carbons (Fsp3) is 0.583. The molecule has 1 unspecified atom stereocenters. The third-order valence-electron chi connectivity index (χ3n) is 3.15. The lowest BCUT2D eigenvalue weighted by Gasteiger charge is -2.12. The van der Waals surface area contributed by atoms with Gasteiger partial charge in [0.2, 0.25) is 0 Å². The molecule has 17 heavy (non-hydrogen) atoms. The standard InChI is InChI=1S/C12H16N4S/c1-8-9(2)15-16-12(11(8)5-13)14-6-10-3-4-17-7-10/h10H,3-4,6-7H2,1-2H3,(H,14,16). The molecule has 1 saturated heterocycles. The van der Waals surface area contributed by atoms with Crippen molar-refractivity contribution in [2.24, 2.45) is 5.92 Å². The summed E-state index contributed by atoms with van der Waals surface area (Å²) in [5.41, 5.74) is 2.37. The van der Waals surface area contributed by atoms with E-state index in [4.69, 9.17) is 5.26 Å². The third-order valence-corrected chi connectivity index (χ3v) is 4.38. The number of nitrogens with one attached hydrogen (secondary N) is 1. The normalized spacial score (nSPS) is 19.0. The second kappa shape index (κ2) is 5.37. The molecule has 1 aromatic heterocycles. The van der Waals surface area contributed by atoms with Crippen LogP contribution in [0.2, 0.25) is 0 Å². The topological polar surface area (TPSA) is 61.6 Å². The molecule has 0 spiro atoms. The van der Waals surface area contributed by atoms with Gasteiger partial charge in [0, 0.05) is 6.54 Å². The van der Waals surface area contributed by atoms with Crippen LogP contribution in [0.25, 0.3) is 0 Å². The van der Waals surface area contributed by atoms with Crippen LogP contribution in [0.15, 0.2) is 0 Å². The van der Waals surface area contributed by atoms with Gasteiger partial charge in [0.1, 0.15) is 11.6 Å². The van der Waals surface area contributed by atoms with Crippen molar-refractivity contribution in [3.8, 4) is 6.07 Å². The van der Waals surface area contributed by atoms with Crippen molar-refractivity contribution in [3.63, 3.8) is 0 Å². The Balaban J connectivity index is 2.10. The predicted octanol–water partition coefficient (Wildman–Crippen LogP) is 2.13. The molecule has 1 aromatic rings. The van der Waals surface area contributed by atoms with E-state index in [9.17, 15) is 0 Å². The van der Waals surface area contributed by atoms with Gasteiger partial charge in [0.15, 0.2) is 5.82 Å². The first-order valence-electron chi connectivity index (χ1n) is 5.78. The van der Waals surface area contributed by atoms with E-state index in [2.05, 4.69) is 21.6 Å². The number of anilines is 1. The van der Waals surface area contributed by atoms with E-state index >= 15 is 0 Å². The van der Waals surface area contributed by atoms with Gasteiger partial charge < -0.3 is 5.32 Å². The first-order chi connectivity index (χ1) is 8.22. The molecule has 1 aliphatic rings. The van der Waals surface area contributed by atoms with Gasteiger partial charge in [-0.15, -0.1) is 5.10 Å². The lowest BCUT2D eigenvalue weighted by molar-refractivity contribution is 0.629. The summed E-state index contributed by atoms with van der Waals surface area (Å²) in [5, 5.41) is 20.6. The Bertz CT molecular complexity index is 447. The van der Waals surface area contributed by atoms with Crippen molar-refractivity contribution in [1.29, 1.82) is 5.26 Å².